The van der Waals surface area contributed by atoms with Gasteiger partial charge in [0.05, 0.1) is 6.57 Å². The second-order valence-corrected chi connectivity index (χ2v) is 10.4. The molecule has 3 aromatic heterocycles. The van der Waals surface area contributed by atoms with E-state index in [0.717, 1.165) is 26.7 Å². The van der Waals surface area contributed by atoms with Gasteiger partial charge in [-0.05, 0) is 73.9 Å². The maximum atomic E-state index is 11.2. The molecular weight excluding hydrogens is 460 g/mol. The first kappa shape index (κ1) is 22.1. The van der Waals surface area contributed by atoms with Crippen molar-refractivity contribution in [3.05, 3.63) is 87.7 Å². The van der Waals surface area contributed by atoms with E-state index in [1.807, 2.05) is 13.0 Å². The molecule has 0 saturated heterocycles. The maximum absolute atomic E-state index is 11.2. The molecule has 5 rings (SSSR count). The van der Waals surface area contributed by atoms with Crippen LogP contribution in [0.4, 0.5) is 0 Å². The topological polar surface area (TPSA) is 46.6 Å². The molecule has 6 heteroatoms. The number of carbonyl (C=O) groups is 1. The standard InChI is InChI=1S/C28H22N2O2S2/c1-5-30-23-9-7-6-8-20(23)21-14-18(10-11-24(21)30)26-17(3)13-25(34-26)27-16(2)12-19(33-27)15-22(29-4)28(31)32/h6-15H,5H2,1-3H3,(H,31,32)/b22-15-. The number of thiophene rings is 2. The Bertz CT molecular complexity index is 1660. The van der Waals surface area contributed by atoms with Crippen molar-refractivity contribution in [3.8, 4) is 20.2 Å². The Kier molecular flexibility index (Phi) is 5.60. The Morgan fingerprint density at radius 2 is 1.74 bits per heavy atom. The van der Waals surface area contributed by atoms with Gasteiger partial charge in [0.2, 0.25) is 0 Å². The minimum atomic E-state index is -1.20. The highest BCUT2D eigenvalue weighted by atomic mass is 32.1. The lowest BCUT2D eigenvalue weighted by atomic mass is 10.1. The number of carboxylic acid groups (broad SMARTS) is 1. The summed E-state index contributed by atoms with van der Waals surface area (Å²) >= 11 is 3.28. The van der Waals surface area contributed by atoms with Crippen molar-refractivity contribution in [1.82, 2.24) is 4.57 Å². The van der Waals surface area contributed by atoms with E-state index in [4.69, 9.17) is 6.57 Å². The quantitative estimate of drug-likeness (QED) is 0.203. The first-order valence-corrected chi connectivity index (χ1v) is 12.6. The zero-order chi connectivity index (χ0) is 24.0. The van der Waals surface area contributed by atoms with Crippen molar-refractivity contribution in [3.63, 3.8) is 0 Å². The van der Waals surface area contributed by atoms with E-state index in [1.165, 1.54) is 55.2 Å². The Hall–Kier alpha value is -3.66. The number of aryl methyl sites for hydroxylation is 3. The van der Waals surface area contributed by atoms with Gasteiger partial charge in [-0.1, -0.05) is 24.3 Å². The van der Waals surface area contributed by atoms with Crippen LogP contribution in [0.25, 0.3) is 52.9 Å². The fourth-order valence-electron chi connectivity index (χ4n) is 4.52. The molecule has 34 heavy (non-hydrogen) atoms. The zero-order valence-corrected chi connectivity index (χ0v) is 20.7. The lowest BCUT2D eigenvalue weighted by Gasteiger charge is -2.04. The van der Waals surface area contributed by atoms with Gasteiger partial charge >= 0.3 is 5.97 Å². The van der Waals surface area contributed by atoms with Crippen LogP contribution in [0.1, 0.15) is 22.9 Å². The number of hydrogen-bond acceptors (Lipinski definition) is 3. The summed E-state index contributed by atoms with van der Waals surface area (Å²) in [7, 11) is 0. The highest BCUT2D eigenvalue weighted by Gasteiger charge is 2.16. The Balaban J connectivity index is 1.59. The lowest BCUT2D eigenvalue weighted by Crippen LogP contribution is -1.94. The van der Waals surface area contributed by atoms with Gasteiger partial charge in [-0.25, -0.2) is 4.85 Å². The molecule has 2 aromatic carbocycles. The normalized spacial score (nSPS) is 11.9. The molecular formula is C28H22N2O2S2. The maximum Gasteiger partial charge on any atom is 0.333 e. The predicted octanol–water partition coefficient (Wildman–Crippen LogP) is 8.23. The number of para-hydroxylation sites is 1. The zero-order valence-electron chi connectivity index (χ0n) is 19.0. The largest absolute Gasteiger partial charge is 0.486 e. The number of aliphatic carboxylic acids is 1. The molecule has 168 valence electrons. The van der Waals surface area contributed by atoms with E-state index in [-0.39, 0.29) is 5.70 Å². The second-order valence-electron chi connectivity index (χ2n) is 8.22. The second kappa shape index (κ2) is 8.60. The summed E-state index contributed by atoms with van der Waals surface area (Å²) in [6, 6.07) is 19.5. The van der Waals surface area contributed by atoms with E-state index < -0.39 is 5.97 Å². The number of carboxylic acids is 1. The number of benzene rings is 2. The summed E-state index contributed by atoms with van der Waals surface area (Å²) in [5, 5.41) is 11.7. The first-order valence-electron chi connectivity index (χ1n) is 11.0. The van der Waals surface area contributed by atoms with Crippen molar-refractivity contribution in [2.45, 2.75) is 27.3 Å². The minimum absolute atomic E-state index is 0.268. The van der Waals surface area contributed by atoms with Crippen molar-refractivity contribution >= 4 is 56.5 Å². The van der Waals surface area contributed by atoms with Crippen LogP contribution in [0.3, 0.4) is 0 Å². The van der Waals surface area contributed by atoms with Crippen molar-refractivity contribution in [1.29, 1.82) is 0 Å². The molecule has 0 aliphatic heterocycles. The lowest BCUT2D eigenvalue weighted by molar-refractivity contribution is -0.132. The van der Waals surface area contributed by atoms with Crippen molar-refractivity contribution < 1.29 is 9.90 Å². The summed E-state index contributed by atoms with van der Waals surface area (Å²) in [5.74, 6) is -1.20. The molecule has 1 N–H and O–H groups in total. The van der Waals surface area contributed by atoms with E-state index in [9.17, 15) is 9.90 Å². The summed E-state index contributed by atoms with van der Waals surface area (Å²) in [6.07, 6.45) is 1.45. The SMILES string of the molecule is [C-]#[N+]/C(=C\c1cc(C)c(-c2cc(C)c(-c3ccc4c(c3)c3ccccc3n4CC)s2)s1)C(=O)O. The van der Waals surface area contributed by atoms with Crippen LogP contribution in [0.5, 0.6) is 0 Å². The van der Waals surface area contributed by atoms with Gasteiger partial charge in [0.25, 0.3) is 5.70 Å². The summed E-state index contributed by atoms with van der Waals surface area (Å²) < 4.78 is 2.36. The van der Waals surface area contributed by atoms with E-state index in [2.05, 4.69) is 71.8 Å². The van der Waals surface area contributed by atoms with Crippen LogP contribution in [-0.2, 0) is 11.3 Å². The van der Waals surface area contributed by atoms with Crippen LogP contribution >= 0.6 is 22.7 Å². The number of aromatic nitrogens is 1. The van der Waals surface area contributed by atoms with Gasteiger partial charge in [0.1, 0.15) is 0 Å². The number of nitrogens with zero attached hydrogens (tertiary/aromatic N) is 2. The van der Waals surface area contributed by atoms with Crippen LogP contribution < -0.4 is 0 Å². The number of rotatable bonds is 5. The average molecular weight is 483 g/mol. The highest BCUT2D eigenvalue weighted by molar-refractivity contribution is 7.24. The average Bonchev–Trinajstić information content (AvgIpc) is 3.49. The molecule has 5 aromatic rings. The number of fused-ring (bicyclic) bond motifs is 3. The fourth-order valence-corrected chi connectivity index (χ4v) is 6.96. The molecule has 3 heterocycles. The fraction of sp³-hybridized carbons (Fsp3) is 0.143. The molecule has 0 aliphatic carbocycles. The van der Waals surface area contributed by atoms with Crippen LogP contribution in [0.2, 0.25) is 0 Å². The summed E-state index contributed by atoms with van der Waals surface area (Å²) in [5.41, 5.74) is 5.75. The minimum Gasteiger partial charge on any atom is -0.486 e. The van der Waals surface area contributed by atoms with Crippen molar-refractivity contribution in [2.75, 3.05) is 0 Å². The van der Waals surface area contributed by atoms with Gasteiger partial charge in [-0.2, -0.15) is 0 Å². The van der Waals surface area contributed by atoms with Crippen LogP contribution in [-0.4, -0.2) is 15.6 Å². The predicted molar refractivity (Wildman–Crippen MR) is 143 cm³/mol. The molecule has 0 fully saturated rings. The molecule has 0 saturated carbocycles. The molecule has 0 aliphatic rings. The molecule has 0 spiro atoms. The molecule has 0 radical (unpaired) electrons. The van der Waals surface area contributed by atoms with Gasteiger partial charge in [-0.3, -0.25) is 4.79 Å². The third-order valence-electron chi connectivity index (χ3n) is 6.05. The van der Waals surface area contributed by atoms with Crippen LogP contribution in [0, 0.1) is 20.4 Å². The van der Waals surface area contributed by atoms with E-state index >= 15 is 0 Å². The van der Waals surface area contributed by atoms with E-state index in [0.29, 0.717) is 0 Å². The summed E-state index contributed by atoms with van der Waals surface area (Å²) in [6.45, 7) is 14.4. The smallest absolute Gasteiger partial charge is 0.333 e. The van der Waals surface area contributed by atoms with Gasteiger partial charge in [0, 0.05) is 47.9 Å². The molecule has 0 unspecified atom stereocenters. The van der Waals surface area contributed by atoms with Gasteiger partial charge in [-0.15, -0.1) is 22.7 Å². The first-order chi connectivity index (χ1) is 16.4. The third-order valence-corrected chi connectivity index (χ3v) is 8.70. The Morgan fingerprint density at radius 3 is 2.47 bits per heavy atom. The Labute approximate surface area is 205 Å². The Morgan fingerprint density at radius 1 is 1.00 bits per heavy atom. The molecule has 0 bridgehead atoms. The van der Waals surface area contributed by atoms with E-state index in [1.54, 1.807) is 11.3 Å². The highest BCUT2D eigenvalue weighted by Crippen LogP contribution is 2.43. The van der Waals surface area contributed by atoms with Gasteiger partial charge in [0.15, 0.2) is 0 Å². The molecule has 0 amide bonds. The van der Waals surface area contributed by atoms with Crippen LogP contribution in [0.15, 0.2) is 60.3 Å². The molecule has 0 atom stereocenters. The van der Waals surface area contributed by atoms with Crippen molar-refractivity contribution in [2.24, 2.45) is 0 Å². The monoisotopic (exact) mass is 482 g/mol. The number of hydrogen-bond donors (Lipinski definition) is 1. The molecule has 4 nitrogen and oxygen atoms in total. The third kappa shape index (κ3) is 3.63. The summed E-state index contributed by atoms with van der Waals surface area (Å²) in [4.78, 5) is 18.6. The van der Waals surface area contributed by atoms with Gasteiger partial charge < -0.3 is 9.67 Å².